The summed E-state index contributed by atoms with van der Waals surface area (Å²) in [5.41, 5.74) is 5.72. The van der Waals surface area contributed by atoms with Crippen LogP contribution in [0.3, 0.4) is 0 Å². The van der Waals surface area contributed by atoms with E-state index in [4.69, 9.17) is 4.74 Å². The number of thioether (sulfide) groups is 1. The van der Waals surface area contributed by atoms with E-state index in [-0.39, 0.29) is 17.3 Å². The van der Waals surface area contributed by atoms with Crippen LogP contribution in [0.2, 0.25) is 0 Å². The number of nitro benzene ring substituents is 1. The molecule has 0 saturated carbocycles. The minimum atomic E-state index is -0.490. The number of nitrogens with zero attached hydrogens (tertiary/aromatic N) is 5. The van der Waals surface area contributed by atoms with Crippen LogP contribution in [0.4, 0.5) is 5.69 Å². The topological polar surface area (TPSA) is 125 Å². The monoisotopic (exact) mass is 502 g/mol. The van der Waals surface area contributed by atoms with Crippen LogP contribution in [0.15, 0.2) is 83.1 Å². The molecule has 0 spiro atoms. The molecule has 10 nitrogen and oxygen atoms in total. The van der Waals surface area contributed by atoms with Gasteiger partial charge in [-0.3, -0.25) is 19.5 Å². The second kappa shape index (κ2) is 11.3. The Morgan fingerprint density at radius 2 is 1.89 bits per heavy atom. The fourth-order valence-electron chi connectivity index (χ4n) is 3.28. The Hall–Kier alpha value is -4.51. The van der Waals surface area contributed by atoms with Crippen LogP contribution >= 0.6 is 11.8 Å². The van der Waals surface area contributed by atoms with Gasteiger partial charge >= 0.3 is 0 Å². The summed E-state index contributed by atoms with van der Waals surface area (Å²) in [6, 6.07) is 21.4. The lowest BCUT2D eigenvalue weighted by atomic mass is 10.1. The summed E-state index contributed by atoms with van der Waals surface area (Å²) in [5, 5.41) is 24.0. The molecule has 1 aromatic heterocycles. The first kappa shape index (κ1) is 24.6. The summed E-state index contributed by atoms with van der Waals surface area (Å²) in [5.74, 6) is 1.04. The van der Waals surface area contributed by atoms with Crippen LogP contribution in [0.1, 0.15) is 11.1 Å². The Morgan fingerprint density at radius 1 is 1.14 bits per heavy atom. The van der Waals surface area contributed by atoms with Gasteiger partial charge in [0.15, 0.2) is 11.0 Å². The minimum absolute atomic E-state index is 0.0362. The second-order valence-electron chi connectivity index (χ2n) is 7.64. The summed E-state index contributed by atoms with van der Waals surface area (Å²) in [6.45, 7) is 2.01. The third-order valence-corrected chi connectivity index (χ3v) is 6.02. The highest BCUT2D eigenvalue weighted by Crippen LogP contribution is 2.29. The van der Waals surface area contributed by atoms with Gasteiger partial charge in [-0.25, -0.2) is 5.43 Å². The van der Waals surface area contributed by atoms with E-state index in [1.807, 2.05) is 60.0 Å². The fourth-order valence-corrected chi connectivity index (χ4v) is 4.02. The smallest absolute Gasteiger partial charge is 0.270 e. The molecule has 4 aromatic rings. The number of aryl methyl sites for hydroxylation is 1. The predicted octanol–water partition coefficient (Wildman–Crippen LogP) is 4.40. The molecule has 0 fully saturated rings. The van der Waals surface area contributed by atoms with Crippen molar-refractivity contribution in [3.63, 3.8) is 0 Å². The number of amides is 1. The van der Waals surface area contributed by atoms with Crippen LogP contribution in [-0.2, 0) is 4.79 Å². The molecule has 1 N–H and O–H groups in total. The molecule has 0 unspecified atom stereocenters. The summed E-state index contributed by atoms with van der Waals surface area (Å²) in [7, 11) is 1.60. The van der Waals surface area contributed by atoms with E-state index in [1.165, 1.54) is 30.1 Å². The Labute approximate surface area is 211 Å². The molecule has 0 saturated heterocycles. The van der Waals surface area contributed by atoms with Crippen molar-refractivity contribution in [3.8, 4) is 22.8 Å². The summed E-state index contributed by atoms with van der Waals surface area (Å²) >= 11 is 1.21. The lowest BCUT2D eigenvalue weighted by molar-refractivity contribution is -0.384. The van der Waals surface area contributed by atoms with E-state index in [0.717, 1.165) is 22.6 Å². The van der Waals surface area contributed by atoms with Crippen molar-refractivity contribution in [2.45, 2.75) is 12.1 Å². The van der Waals surface area contributed by atoms with Crippen LogP contribution in [0.5, 0.6) is 5.75 Å². The van der Waals surface area contributed by atoms with Gasteiger partial charge in [-0.2, -0.15) is 5.10 Å². The van der Waals surface area contributed by atoms with Crippen LogP contribution < -0.4 is 10.2 Å². The number of nitrogens with one attached hydrogen (secondary N) is 1. The van der Waals surface area contributed by atoms with Gasteiger partial charge in [-0.05, 0) is 31.2 Å². The van der Waals surface area contributed by atoms with Crippen molar-refractivity contribution >= 4 is 29.6 Å². The number of methoxy groups -OCH3 is 1. The Morgan fingerprint density at radius 3 is 2.58 bits per heavy atom. The number of rotatable bonds is 9. The van der Waals surface area contributed by atoms with Crippen LogP contribution in [0.25, 0.3) is 17.1 Å². The average Bonchev–Trinajstić information content (AvgIpc) is 3.32. The molecule has 0 aliphatic heterocycles. The molecule has 182 valence electrons. The predicted molar refractivity (Wildman–Crippen MR) is 138 cm³/mol. The van der Waals surface area contributed by atoms with Crippen LogP contribution in [-0.4, -0.2) is 44.7 Å². The Kier molecular flexibility index (Phi) is 7.71. The van der Waals surface area contributed by atoms with E-state index < -0.39 is 4.92 Å². The molecular weight excluding hydrogens is 480 g/mol. The second-order valence-corrected chi connectivity index (χ2v) is 8.58. The fraction of sp³-hybridized carbons (Fsp3) is 0.120. The van der Waals surface area contributed by atoms with E-state index in [9.17, 15) is 14.9 Å². The highest BCUT2D eigenvalue weighted by molar-refractivity contribution is 7.99. The highest BCUT2D eigenvalue weighted by Gasteiger charge is 2.17. The number of ether oxygens (including phenoxy) is 1. The van der Waals surface area contributed by atoms with E-state index >= 15 is 0 Å². The number of hydrogen-bond acceptors (Lipinski definition) is 8. The van der Waals surface area contributed by atoms with Crippen molar-refractivity contribution in [3.05, 3.63) is 94.0 Å². The van der Waals surface area contributed by atoms with Gasteiger partial charge in [-0.1, -0.05) is 53.7 Å². The first-order valence-electron chi connectivity index (χ1n) is 10.8. The highest BCUT2D eigenvalue weighted by atomic mass is 32.2. The normalized spacial score (nSPS) is 10.9. The summed E-state index contributed by atoms with van der Waals surface area (Å²) in [6.07, 6.45) is 1.35. The SMILES string of the molecule is COc1ccc(-n2c(SCC(=O)NN=Cc3cccc([N+](=O)[O-])c3)nnc2-c2ccc(C)cc2)cc1. The molecule has 36 heavy (non-hydrogen) atoms. The molecule has 0 bridgehead atoms. The first-order chi connectivity index (χ1) is 17.4. The van der Waals surface area contributed by atoms with Crippen molar-refractivity contribution in [2.75, 3.05) is 12.9 Å². The molecule has 0 atom stereocenters. The third-order valence-electron chi connectivity index (χ3n) is 5.09. The van der Waals surface area contributed by atoms with Crippen molar-refractivity contribution in [1.29, 1.82) is 0 Å². The number of hydrazone groups is 1. The molecule has 0 aliphatic carbocycles. The average molecular weight is 503 g/mol. The maximum absolute atomic E-state index is 12.4. The summed E-state index contributed by atoms with van der Waals surface area (Å²) < 4.78 is 7.15. The molecule has 4 rings (SSSR count). The van der Waals surface area contributed by atoms with E-state index in [2.05, 4.69) is 20.7 Å². The van der Waals surface area contributed by atoms with E-state index in [1.54, 1.807) is 19.2 Å². The van der Waals surface area contributed by atoms with Gasteiger partial charge in [0.05, 0.1) is 24.0 Å². The molecule has 11 heteroatoms. The lowest BCUT2D eigenvalue weighted by Gasteiger charge is -2.11. The maximum atomic E-state index is 12.4. The van der Waals surface area contributed by atoms with Gasteiger partial charge in [0.1, 0.15) is 5.75 Å². The standard InChI is InChI=1S/C25H22N6O4S/c1-17-6-8-19(9-7-17)24-28-29-25(30(24)20-10-12-22(35-2)13-11-20)36-16-23(32)27-26-15-18-4-3-5-21(14-18)31(33)34/h3-15H,16H2,1-2H3,(H,27,32). The summed E-state index contributed by atoms with van der Waals surface area (Å²) in [4.78, 5) is 22.8. The van der Waals surface area contributed by atoms with Gasteiger partial charge in [0, 0.05) is 28.9 Å². The number of carbonyl (C=O) groups is 1. The lowest BCUT2D eigenvalue weighted by Crippen LogP contribution is -2.20. The Balaban J connectivity index is 1.50. The molecular formula is C25H22N6O4S. The molecule has 1 heterocycles. The number of benzene rings is 3. The number of aromatic nitrogens is 3. The van der Waals surface area contributed by atoms with Crippen molar-refractivity contribution in [2.24, 2.45) is 5.10 Å². The van der Waals surface area contributed by atoms with Crippen molar-refractivity contribution < 1.29 is 14.5 Å². The van der Waals surface area contributed by atoms with Gasteiger partial charge in [0.2, 0.25) is 0 Å². The molecule has 0 aliphatic rings. The number of carbonyl (C=O) groups excluding carboxylic acids is 1. The molecule has 3 aromatic carbocycles. The third kappa shape index (κ3) is 5.94. The Bertz CT molecular complexity index is 1400. The number of hydrogen-bond donors (Lipinski definition) is 1. The molecule has 0 radical (unpaired) electrons. The first-order valence-corrected chi connectivity index (χ1v) is 11.8. The molecule has 1 amide bonds. The number of non-ortho nitro benzene ring substituents is 1. The number of nitro groups is 1. The zero-order valence-corrected chi connectivity index (χ0v) is 20.3. The minimum Gasteiger partial charge on any atom is -0.497 e. The van der Waals surface area contributed by atoms with Gasteiger partial charge in [0.25, 0.3) is 11.6 Å². The maximum Gasteiger partial charge on any atom is 0.270 e. The largest absolute Gasteiger partial charge is 0.497 e. The van der Waals surface area contributed by atoms with Crippen molar-refractivity contribution in [1.82, 2.24) is 20.2 Å². The van der Waals surface area contributed by atoms with E-state index in [0.29, 0.717) is 16.5 Å². The van der Waals surface area contributed by atoms with Gasteiger partial charge < -0.3 is 4.74 Å². The van der Waals surface area contributed by atoms with Gasteiger partial charge in [-0.15, -0.1) is 10.2 Å². The zero-order valence-electron chi connectivity index (χ0n) is 19.5. The zero-order chi connectivity index (χ0) is 25.5. The quantitative estimate of drug-likeness (QED) is 0.156. The van der Waals surface area contributed by atoms with Crippen LogP contribution in [0, 0.1) is 17.0 Å².